The summed E-state index contributed by atoms with van der Waals surface area (Å²) in [7, 11) is 0. The smallest absolute Gasteiger partial charge is 0.126 e. The summed E-state index contributed by atoms with van der Waals surface area (Å²) in [5, 5.41) is 4.14. The summed E-state index contributed by atoms with van der Waals surface area (Å²) in [6.07, 6.45) is 1.42. The highest BCUT2D eigenvalue weighted by atomic mass is 35.5. The molecule has 2 rings (SSSR count). The molecule has 0 aliphatic carbocycles. The topological polar surface area (TPSA) is 30.5 Å². The molecule has 1 aliphatic rings. The standard InChI is InChI=1S/C16H24ClNO2/c1-11(2)19-10-16(13-7-8-18-9-13)20-15-6-4-5-14(17)12(15)3/h4-6,11,13,16,18H,7-10H2,1-3H3/t13-,16+/m0/s1. The van der Waals surface area contributed by atoms with E-state index in [2.05, 4.69) is 19.2 Å². The highest BCUT2D eigenvalue weighted by Crippen LogP contribution is 2.28. The molecular weight excluding hydrogens is 274 g/mol. The molecule has 112 valence electrons. The lowest BCUT2D eigenvalue weighted by molar-refractivity contribution is -0.00390. The summed E-state index contributed by atoms with van der Waals surface area (Å²) >= 11 is 6.16. The van der Waals surface area contributed by atoms with Gasteiger partial charge in [0.05, 0.1) is 12.7 Å². The molecule has 1 N–H and O–H groups in total. The van der Waals surface area contributed by atoms with Gasteiger partial charge in [-0.05, 0) is 45.9 Å². The van der Waals surface area contributed by atoms with Gasteiger partial charge < -0.3 is 14.8 Å². The largest absolute Gasteiger partial charge is 0.487 e. The Bertz CT molecular complexity index is 430. The zero-order valence-electron chi connectivity index (χ0n) is 12.5. The van der Waals surface area contributed by atoms with E-state index in [1.54, 1.807) is 0 Å². The Morgan fingerprint density at radius 3 is 2.85 bits per heavy atom. The average molecular weight is 298 g/mol. The van der Waals surface area contributed by atoms with E-state index >= 15 is 0 Å². The van der Waals surface area contributed by atoms with Crippen molar-refractivity contribution in [3.8, 4) is 5.75 Å². The summed E-state index contributed by atoms with van der Waals surface area (Å²) in [6, 6.07) is 5.80. The molecule has 4 heteroatoms. The molecule has 3 nitrogen and oxygen atoms in total. The maximum atomic E-state index is 6.21. The number of ether oxygens (including phenoxy) is 2. The number of hydrogen-bond acceptors (Lipinski definition) is 3. The molecule has 0 bridgehead atoms. The number of hydrogen-bond donors (Lipinski definition) is 1. The molecule has 1 fully saturated rings. The Morgan fingerprint density at radius 2 is 2.20 bits per heavy atom. The van der Waals surface area contributed by atoms with Crippen molar-refractivity contribution in [1.29, 1.82) is 0 Å². The van der Waals surface area contributed by atoms with Gasteiger partial charge in [-0.2, -0.15) is 0 Å². The molecule has 1 aromatic carbocycles. The molecule has 20 heavy (non-hydrogen) atoms. The van der Waals surface area contributed by atoms with Gasteiger partial charge in [-0.3, -0.25) is 0 Å². The highest BCUT2D eigenvalue weighted by molar-refractivity contribution is 6.31. The fourth-order valence-electron chi connectivity index (χ4n) is 2.43. The average Bonchev–Trinajstić information content (AvgIpc) is 2.93. The minimum atomic E-state index is 0.0737. The van der Waals surface area contributed by atoms with Crippen LogP contribution in [-0.2, 0) is 4.74 Å². The summed E-state index contributed by atoms with van der Waals surface area (Å²) in [4.78, 5) is 0. The maximum absolute atomic E-state index is 6.21. The zero-order valence-corrected chi connectivity index (χ0v) is 13.2. The van der Waals surface area contributed by atoms with Crippen LogP contribution in [0.25, 0.3) is 0 Å². The Kier molecular flexibility index (Phi) is 5.70. The van der Waals surface area contributed by atoms with Gasteiger partial charge in [0.1, 0.15) is 11.9 Å². The fraction of sp³-hybridized carbons (Fsp3) is 0.625. The van der Waals surface area contributed by atoms with Crippen molar-refractivity contribution in [2.24, 2.45) is 5.92 Å². The maximum Gasteiger partial charge on any atom is 0.126 e. The minimum Gasteiger partial charge on any atom is -0.487 e. The van der Waals surface area contributed by atoms with Gasteiger partial charge in [0.25, 0.3) is 0 Å². The third-order valence-electron chi connectivity index (χ3n) is 3.71. The first kappa shape index (κ1) is 15.6. The second-order valence-electron chi connectivity index (χ2n) is 5.65. The first-order valence-corrected chi connectivity index (χ1v) is 7.70. The van der Waals surface area contributed by atoms with Gasteiger partial charge in [0, 0.05) is 23.0 Å². The number of nitrogens with one attached hydrogen (secondary N) is 1. The van der Waals surface area contributed by atoms with Crippen LogP contribution in [0.3, 0.4) is 0 Å². The quantitative estimate of drug-likeness (QED) is 0.872. The van der Waals surface area contributed by atoms with E-state index in [1.165, 1.54) is 0 Å². The highest BCUT2D eigenvalue weighted by Gasteiger charge is 2.27. The first-order chi connectivity index (χ1) is 9.58. The van der Waals surface area contributed by atoms with Crippen LogP contribution in [0.15, 0.2) is 18.2 Å². The van der Waals surface area contributed by atoms with Crippen LogP contribution in [0.5, 0.6) is 5.75 Å². The van der Waals surface area contributed by atoms with Crippen LogP contribution >= 0.6 is 11.6 Å². The number of benzene rings is 1. The van der Waals surface area contributed by atoms with E-state index in [-0.39, 0.29) is 12.2 Å². The Labute approximate surface area is 126 Å². The second-order valence-corrected chi connectivity index (χ2v) is 6.06. The molecular formula is C16H24ClNO2. The first-order valence-electron chi connectivity index (χ1n) is 7.32. The molecule has 1 aromatic rings. The van der Waals surface area contributed by atoms with Crippen molar-refractivity contribution in [3.63, 3.8) is 0 Å². The lowest BCUT2D eigenvalue weighted by atomic mass is 10.0. The Morgan fingerprint density at radius 1 is 1.40 bits per heavy atom. The summed E-state index contributed by atoms with van der Waals surface area (Å²) < 4.78 is 12.0. The SMILES string of the molecule is Cc1c(Cl)cccc1O[C@H](COC(C)C)[C@H]1CCNC1. The van der Waals surface area contributed by atoms with Crippen molar-refractivity contribution in [2.75, 3.05) is 19.7 Å². The van der Waals surface area contributed by atoms with E-state index in [9.17, 15) is 0 Å². The van der Waals surface area contributed by atoms with Crippen LogP contribution in [0, 0.1) is 12.8 Å². The van der Waals surface area contributed by atoms with Crippen molar-refractivity contribution < 1.29 is 9.47 Å². The third-order valence-corrected chi connectivity index (χ3v) is 4.12. The van der Waals surface area contributed by atoms with Gasteiger partial charge in [-0.25, -0.2) is 0 Å². The molecule has 1 heterocycles. The lowest BCUT2D eigenvalue weighted by Crippen LogP contribution is -2.34. The van der Waals surface area contributed by atoms with Crippen molar-refractivity contribution in [1.82, 2.24) is 5.32 Å². The van der Waals surface area contributed by atoms with E-state index in [0.717, 1.165) is 35.8 Å². The van der Waals surface area contributed by atoms with Crippen LogP contribution in [-0.4, -0.2) is 31.9 Å². The van der Waals surface area contributed by atoms with Crippen LogP contribution < -0.4 is 10.1 Å². The van der Waals surface area contributed by atoms with Crippen LogP contribution in [0.4, 0.5) is 0 Å². The predicted molar refractivity (Wildman–Crippen MR) is 82.7 cm³/mol. The van der Waals surface area contributed by atoms with Crippen LogP contribution in [0.2, 0.25) is 5.02 Å². The summed E-state index contributed by atoms with van der Waals surface area (Å²) in [5.74, 6) is 1.36. The van der Waals surface area contributed by atoms with Gasteiger partial charge in [0.2, 0.25) is 0 Å². The van der Waals surface area contributed by atoms with E-state index in [0.29, 0.717) is 12.5 Å². The van der Waals surface area contributed by atoms with Gasteiger partial charge >= 0.3 is 0 Å². The zero-order chi connectivity index (χ0) is 14.5. The number of rotatable bonds is 6. The molecule has 1 aliphatic heterocycles. The van der Waals surface area contributed by atoms with E-state index < -0.39 is 0 Å². The van der Waals surface area contributed by atoms with Crippen molar-refractivity contribution in [3.05, 3.63) is 28.8 Å². The molecule has 0 aromatic heterocycles. The molecule has 0 spiro atoms. The van der Waals surface area contributed by atoms with E-state index in [4.69, 9.17) is 21.1 Å². The molecule has 1 saturated heterocycles. The predicted octanol–water partition coefficient (Wildman–Crippen LogP) is 3.43. The second kappa shape index (κ2) is 7.30. The normalized spacial score (nSPS) is 20.4. The summed E-state index contributed by atoms with van der Waals surface area (Å²) in [6.45, 7) is 8.76. The molecule has 0 unspecified atom stereocenters. The number of halogens is 1. The van der Waals surface area contributed by atoms with Gasteiger partial charge in [-0.1, -0.05) is 17.7 Å². The Balaban J connectivity index is 2.07. The van der Waals surface area contributed by atoms with Gasteiger partial charge in [0.15, 0.2) is 0 Å². The van der Waals surface area contributed by atoms with Crippen LogP contribution in [0.1, 0.15) is 25.8 Å². The molecule has 2 atom stereocenters. The minimum absolute atomic E-state index is 0.0737. The monoisotopic (exact) mass is 297 g/mol. The van der Waals surface area contributed by atoms with E-state index in [1.807, 2.05) is 25.1 Å². The third kappa shape index (κ3) is 4.11. The Hall–Kier alpha value is -0.770. The molecule has 0 saturated carbocycles. The summed E-state index contributed by atoms with van der Waals surface area (Å²) in [5.41, 5.74) is 0.995. The molecule has 0 amide bonds. The molecule has 0 radical (unpaired) electrons. The fourth-order valence-corrected chi connectivity index (χ4v) is 2.59. The van der Waals surface area contributed by atoms with Gasteiger partial charge in [-0.15, -0.1) is 0 Å². The van der Waals surface area contributed by atoms with Crippen molar-refractivity contribution >= 4 is 11.6 Å². The van der Waals surface area contributed by atoms with Crippen molar-refractivity contribution in [2.45, 2.75) is 39.4 Å². The lowest BCUT2D eigenvalue weighted by Gasteiger charge is -2.26.